The van der Waals surface area contributed by atoms with Crippen LogP contribution in [0, 0.1) is 23.2 Å². The van der Waals surface area contributed by atoms with Crippen LogP contribution in [0.3, 0.4) is 0 Å². The first-order valence-corrected chi connectivity index (χ1v) is 11.3. The maximum absolute atomic E-state index is 12.9. The third-order valence-electron chi connectivity index (χ3n) is 4.95. The normalized spacial score (nSPS) is 19.0. The maximum Gasteiger partial charge on any atom is 0.224 e. The summed E-state index contributed by atoms with van der Waals surface area (Å²) in [6.45, 7) is 2.00. The molecule has 0 aromatic heterocycles. The number of sulfone groups is 1. The van der Waals surface area contributed by atoms with Gasteiger partial charge in [0, 0.05) is 12.8 Å². The Morgan fingerprint density at radius 1 is 1.17 bits per heavy atom. The highest BCUT2D eigenvalue weighted by molar-refractivity contribution is 7.91. The summed E-state index contributed by atoms with van der Waals surface area (Å²) in [5.41, 5.74) is 0. The van der Waals surface area contributed by atoms with E-state index in [-0.39, 0.29) is 47.5 Å². The van der Waals surface area contributed by atoms with Crippen molar-refractivity contribution in [1.82, 2.24) is 10.6 Å². The first-order chi connectivity index (χ1) is 13.8. The van der Waals surface area contributed by atoms with Gasteiger partial charge in [0.15, 0.2) is 9.84 Å². The third kappa shape index (κ3) is 7.06. The lowest BCUT2D eigenvalue weighted by atomic mass is 9.80. The van der Waals surface area contributed by atoms with Crippen LogP contribution in [-0.2, 0) is 19.4 Å². The molecule has 2 atom stereocenters. The molecule has 1 aliphatic rings. The van der Waals surface area contributed by atoms with Crippen LogP contribution in [0.5, 0.6) is 5.75 Å². The van der Waals surface area contributed by atoms with Crippen LogP contribution in [0.4, 0.5) is 0 Å². The Morgan fingerprint density at radius 3 is 2.52 bits per heavy atom. The lowest BCUT2D eigenvalue weighted by molar-refractivity contribution is -0.127. The zero-order valence-electron chi connectivity index (χ0n) is 16.5. The minimum atomic E-state index is -3.56. The van der Waals surface area contributed by atoms with Crippen molar-refractivity contribution in [1.29, 1.82) is 5.26 Å². The topological polar surface area (TPSA) is 125 Å². The van der Waals surface area contributed by atoms with E-state index >= 15 is 0 Å². The fraction of sp³-hybridized carbons (Fsp3) is 0.550. The Kier molecular flexibility index (Phi) is 8.46. The van der Waals surface area contributed by atoms with Gasteiger partial charge in [0.2, 0.25) is 11.8 Å². The summed E-state index contributed by atoms with van der Waals surface area (Å²) in [7, 11) is -3.56. The zero-order chi connectivity index (χ0) is 21.3. The van der Waals surface area contributed by atoms with Crippen LogP contribution >= 0.6 is 0 Å². The number of nitrogens with one attached hydrogen (secondary N) is 2. The molecule has 0 spiro atoms. The van der Waals surface area contributed by atoms with E-state index in [0.717, 1.165) is 12.8 Å². The molecule has 2 amide bonds. The average molecular weight is 422 g/mol. The van der Waals surface area contributed by atoms with E-state index < -0.39 is 9.84 Å². The van der Waals surface area contributed by atoms with Gasteiger partial charge in [-0.25, -0.2) is 8.42 Å². The van der Waals surface area contributed by atoms with Crippen LogP contribution < -0.4 is 15.4 Å². The van der Waals surface area contributed by atoms with Crippen LogP contribution in [0.2, 0.25) is 0 Å². The van der Waals surface area contributed by atoms with Gasteiger partial charge in [0.25, 0.3) is 0 Å². The van der Waals surface area contributed by atoms with Crippen molar-refractivity contribution < 1.29 is 22.7 Å². The Labute approximate surface area is 171 Å². The first-order valence-electron chi connectivity index (χ1n) is 9.68. The molecule has 29 heavy (non-hydrogen) atoms. The summed E-state index contributed by atoms with van der Waals surface area (Å²) in [5.74, 6) is -0.614. The largest absolute Gasteiger partial charge is 0.492 e. The Balaban J connectivity index is 1.99. The Hall–Kier alpha value is -2.60. The van der Waals surface area contributed by atoms with Gasteiger partial charge >= 0.3 is 0 Å². The molecular weight excluding hydrogens is 394 g/mol. The monoisotopic (exact) mass is 421 g/mol. The van der Waals surface area contributed by atoms with Gasteiger partial charge < -0.3 is 15.4 Å². The second-order valence-electron chi connectivity index (χ2n) is 7.11. The number of carbonyl (C=O) groups excluding carboxylic acids is 2. The molecule has 2 rings (SSSR count). The van der Waals surface area contributed by atoms with E-state index in [1.807, 2.05) is 6.07 Å². The standard InChI is InChI=1S/C20H27N3O5S/c1-15(24)22-12-13-28-17-6-8-18(9-7-17)29(26,27)14-16-4-2-3-5-19(16)20(25)23-11-10-21/h6-9,16,19H,2-5,11-14H2,1H3,(H,22,24)(H,23,25)/t16-,19+/m1/s1. The molecule has 158 valence electrons. The molecule has 0 heterocycles. The number of hydrogen-bond acceptors (Lipinski definition) is 6. The minimum absolute atomic E-state index is 0.0712. The van der Waals surface area contributed by atoms with E-state index in [9.17, 15) is 18.0 Å². The molecule has 8 nitrogen and oxygen atoms in total. The van der Waals surface area contributed by atoms with Crippen molar-refractivity contribution in [2.75, 3.05) is 25.4 Å². The molecule has 0 unspecified atom stereocenters. The smallest absolute Gasteiger partial charge is 0.224 e. The van der Waals surface area contributed by atoms with Gasteiger partial charge in [-0.2, -0.15) is 5.26 Å². The molecule has 1 aromatic rings. The molecule has 0 saturated heterocycles. The zero-order valence-corrected chi connectivity index (χ0v) is 17.3. The lowest BCUT2D eigenvalue weighted by Crippen LogP contribution is -2.39. The first kappa shape index (κ1) is 22.7. The van der Waals surface area contributed by atoms with E-state index in [2.05, 4.69) is 10.6 Å². The summed E-state index contributed by atoms with van der Waals surface area (Å²) < 4.78 is 31.2. The molecule has 1 fully saturated rings. The van der Waals surface area contributed by atoms with Crippen molar-refractivity contribution in [2.24, 2.45) is 11.8 Å². The summed E-state index contributed by atoms with van der Waals surface area (Å²) in [6.07, 6.45) is 3.09. The number of carbonyl (C=O) groups is 2. The summed E-state index contributed by atoms with van der Waals surface area (Å²) in [5, 5.41) is 13.8. The van der Waals surface area contributed by atoms with Crippen molar-refractivity contribution in [3.8, 4) is 11.8 Å². The molecule has 0 aliphatic heterocycles. The molecule has 1 aromatic carbocycles. The number of nitriles is 1. The molecule has 2 N–H and O–H groups in total. The fourth-order valence-electron chi connectivity index (χ4n) is 3.53. The van der Waals surface area contributed by atoms with Gasteiger partial charge in [0.05, 0.1) is 23.3 Å². The van der Waals surface area contributed by atoms with E-state index in [4.69, 9.17) is 10.00 Å². The van der Waals surface area contributed by atoms with Crippen LogP contribution in [0.25, 0.3) is 0 Å². The number of rotatable bonds is 9. The number of benzene rings is 1. The fourth-order valence-corrected chi connectivity index (χ4v) is 5.23. The molecule has 0 bridgehead atoms. The van der Waals surface area contributed by atoms with Crippen molar-refractivity contribution in [2.45, 2.75) is 37.5 Å². The number of nitrogens with zero attached hydrogens (tertiary/aromatic N) is 1. The van der Waals surface area contributed by atoms with Crippen LogP contribution in [0.15, 0.2) is 29.2 Å². The summed E-state index contributed by atoms with van der Waals surface area (Å²) in [6, 6.07) is 8.03. The van der Waals surface area contributed by atoms with E-state index in [1.165, 1.54) is 19.1 Å². The number of ether oxygens (including phenoxy) is 1. The van der Waals surface area contributed by atoms with Crippen molar-refractivity contribution in [3.05, 3.63) is 24.3 Å². The molecule has 9 heteroatoms. The second kappa shape index (κ2) is 10.8. The van der Waals surface area contributed by atoms with Crippen molar-refractivity contribution >= 4 is 21.7 Å². The summed E-state index contributed by atoms with van der Waals surface area (Å²) in [4.78, 5) is 23.3. The van der Waals surface area contributed by atoms with E-state index in [1.54, 1.807) is 12.1 Å². The predicted molar refractivity (Wildman–Crippen MR) is 107 cm³/mol. The minimum Gasteiger partial charge on any atom is -0.492 e. The van der Waals surface area contributed by atoms with Gasteiger partial charge in [-0.3, -0.25) is 9.59 Å². The van der Waals surface area contributed by atoms with Gasteiger partial charge in [-0.1, -0.05) is 12.8 Å². The number of amides is 2. The third-order valence-corrected chi connectivity index (χ3v) is 6.81. The highest BCUT2D eigenvalue weighted by atomic mass is 32.2. The Bertz CT molecular complexity index is 846. The Morgan fingerprint density at radius 2 is 1.86 bits per heavy atom. The van der Waals surface area contributed by atoms with Gasteiger partial charge in [0.1, 0.15) is 18.9 Å². The maximum atomic E-state index is 12.9. The molecule has 1 saturated carbocycles. The SMILES string of the molecule is CC(=O)NCCOc1ccc(S(=O)(=O)C[C@H]2CCCC[C@@H]2C(=O)NCC#N)cc1. The van der Waals surface area contributed by atoms with Gasteiger partial charge in [-0.15, -0.1) is 0 Å². The second-order valence-corrected chi connectivity index (χ2v) is 9.15. The van der Waals surface area contributed by atoms with Crippen LogP contribution in [0.1, 0.15) is 32.6 Å². The van der Waals surface area contributed by atoms with Crippen molar-refractivity contribution in [3.63, 3.8) is 0 Å². The quantitative estimate of drug-likeness (QED) is 0.459. The highest BCUT2D eigenvalue weighted by Gasteiger charge is 2.34. The predicted octanol–water partition coefficient (Wildman–Crippen LogP) is 1.42. The lowest BCUT2D eigenvalue weighted by Gasteiger charge is -2.30. The molecular formula is C20H27N3O5S. The molecule has 0 radical (unpaired) electrons. The molecule has 1 aliphatic carbocycles. The van der Waals surface area contributed by atoms with E-state index in [0.29, 0.717) is 25.1 Å². The average Bonchev–Trinajstić information content (AvgIpc) is 2.70. The summed E-state index contributed by atoms with van der Waals surface area (Å²) >= 11 is 0. The highest BCUT2D eigenvalue weighted by Crippen LogP contribution is 2.33. The van der Waals surface area contributed by atoms with Crippen LogP contribution in [-0.4, -0.2) is 45.7 Å². The number of hydrogen-bond donors (Lipinski definition) is 2. The van der Waals surface area contributed by atoms with Gasteiger partial charge in [-0.05, 0) is 43.0 Å².